The van der Waals surface area contributed by atoms with Crippen molar-refractivity contribution in [3.8, 4) is 11.3 Å². The molecular formula is C14H12O5. The quantitative estimate of drug-likeness (QED) is 0.356. The van der Waals surface area contributed by atoms with Crippen LogP contribution >= 0.6 is 0 Å². The summed E-state index contributed by atoms with van der Waals surface area (Å²) in [5, 5.41) is 0. The van der Waals surface area contributed by atoms with Crippen molar-refractivity contribution in [1.82, 2.24) is 0 Å². The number of fused-ring (bicyclic) bond motifs is 1. The number of Topliss-reactive ketones (excluding diaryl/α,β-unsaturated/α-hetero) is 2. The molecule has 5 nitrogen and oxygen atoms in total. The fourth-order valence-corrected chi connectivity index (χ4v) is 1.76. The van der Waals surface area contributed by atoms with Gasteiger partial charge < -0.3 is 9.15 Å². The lowest BCUT2D eigenvalue weighted by Crippen LogP contribution is -2.20. The van der Waals surface area contributed by atoms with Crippen molar-refractivity contribution < 1.29 is 23.5 Å². The third-order valence-corrected chi connectivity index (χ3v) is 2.62. The van der Waals surface area contributed by atoms with Gasteiger partial charge in [0.25, 0.3) is 0 Å². The second-order valence-corrected chi connectivity index (χ2v) is 3.88. The molecule has 98 valence electrons. The van der Waals surface area contributed by atoms with Gasteiger partial charge in [-0.2, -0.15) is 0 Å². The van der Waals surface area contributed by atoms with E-state index in [1.54, 1.807) is 31.2 Å². The molecule has 0 atom stereocenters. The van der Waals surface area contributed by atoms with Gasteiger partial charge >= 0.3 is 5.97 Å². The van der Waals surface area contributed by atoms with Gasteiger partial charge in [0, 0.05) is 11.1 Å². The predicted molar refractivity (Wildman–Crippen MR) is 65.9 cm³/mol. The van der Waals surface area contributed by atoms with Crippen LogP contribution in [0.5, 0.6) is 0 Å². The SMILES string of the molecule is CCOC(=O)C(=O)CC(=O)c1ccc2occcc1-2. The normalized spacial score (nSPS) is 10.4. The number of ketones is 2. The summed E-state index contributed by atoms with van der Waals surface area (Å²) in [7, 11) is 0. The molecule has 5 heteroatoms. The van der Waals surface area contributed by atoms with Crippen LogP contribution < -0.4 is 0 Å². The minimum atomic E-state index is -0.976. The first kappa shape index (κ1) is 13.0. The molecule has 0 fully saturated rings. The van der Waals surface area contributed by atoms with Gasteiger partial charge in [-0.05, 0) is 31.2 Å². The maximum atomic E-state index is 12.0. The van der Waals surface area contributed by atoms with E-state index in [-0.39, 0.29) is 6.61 Å². The first-order valence-corrected chi connectivity index (χ1v) is 5.83. The van der Waals surface area contributed by atoms with Crippen LogP contribution in [0.25, 0.3) is 11.3 Å². The maximum absolute atomic E-state index is 12.0. The summed E-state index contributed by atoms with van der Waals surface area (Å²) < 4.78 is 9.75. The number of hydrogen-bond acceptors (Lipinski definition) is 5. The number of rotatable bonds is 5. The highest BCUT2D eigenvalue weighted by molar-refractivity contribution is 6.38. The second-order valence-electron chi connectivity index (χ2n) is 3.88. The van der Waals surface area contributed by atoms with Crippen molar-refractivity contribution in [2.24, 2.45) is 0 Å². The molecule has 0 aromatic rings. The van der Waals surface area contributed by atoms with Gasteiger partial charge in [0.2, 0.25) is 5.78 Å². The summed E-state index contributed by atoms with van der Waals surface area (Å²) in [6.07, 6.45) is 1.01. The lowest BCUT2D eigenvalue weighted by atomic mass is 10.0. The van der Waals surface area contributed by atoms with Crippen molar-refractivity contribution in [2.75, 3.05) is 6.61 Å². The summed E-state index contributed by atoms with van der Waals surface area (Å²) >= 11 is 0. The lowest BCUT2D eigenvalue weighted by Gasteiger charge is -2.02. The molecule has 0 aromatic heterocycles. The molecule has 1 heterocycles. The first-order chi connectivity index (χ1) is 9.13. The zero-order valence-corrected chi connectivity index (χ0v) is 10.3. The topological polar surface area (TPSA) is 73.6 Å². The van der Waals surface area contributed by atoms with E-state index in [2.05, 4.69) is 4.74 Å². The van der Waals surface area contributed by atoms with E-state index < -0.39 is 24.0 Å². The standard InChI is InChI=1S/C14H12O5/c1-2-18-14(17)12(16)8-11(15)9-5-6-13-10(9)4-3-7-19-13/h3-7H,2,8H2,1H3. The van der Waals surface area contributed by atoms with Crippen molar-refractivity contribution in [3.63, 3.8) is 0 Å². The summed E-state index contributed by atoms with van der Waals surface area (Å²) in [6, 6.07) is 6.61. The van der Waals surface area contributed by atoms with E-state index in [0.717, 1.165) is 0 Å². The van der Waals surface area contributed by atoms with E-state index in [4.69, 9.17) is 4.42 Å². The Kier molecular flexibility index (Phi) is 3.75. The predicted octanol–water partition coefficient (Wildman–Crippen LogP) is 2.09. The monoisotopic (exact) mass is 260 g/mol. The van der Waals surface area contributed by atoms with E-state index in [1.165, 1.54) is 6.26 Å². The van der Waals surface area contributed by atoms with Crippen LogP contribution in [0, 0.1) is 0 Å². The van der Waals surface area contributed by atoms with Gasteiger partial charge in [0.1, 0.15) is 5.76 Å². The number of hydrogen-bond donors (Lipinski definition) is 0. The van der Waals surface area contributed by atoms with Crippen molar-refractivity contribution >= 4 is 17.5 Å². The highest BCUT2D eigenvalue weighted by Gasteiger charge is 2.23. The van der Waals surface area contributed by atoms with Crippen LogP contribution in [0.2, 0.25) is 0 Å². The Morgan fingerprint density at radius 2 is 2.00 bits per heavy atom. The molecule has 19 heavy (non-hydrogen) atoms. The molecule has 0 unspecified atom stereocenters. The summed E-state index contributed by atoms with van der Waals surface area (Å²) in [6.45, 7) is 1.70. The highest BCUT2D eigenvalue weighted by atomic mass is 16.5. The minimum Gasteiger partial charge on any atom is -0.464 e. The molecule has 0 aromatic carbocycles. The molecule has 0 saturated heterocycles. The Bertz CT molecular complexity index is 596. The number of esters is 1. The molecule has 2 rings (SSSR count). The summed E-state index contributed by atoms with van der Waals surface area (Å²) in [5.41, 5.74) is 1.00. The van der Waals surface area contributed by atoms with Gasteiger partial charge in [0.15, 0.2) is 5.78 Å². The van der Waals surface area contributed by atoms with Gasteiger partial charge in [-0.25, -0.2) is 4.79 Å². The molecule has 2 aliphatic rings. The van der Waals surface area contributed by atoms with Crippen molar-refractivity contribution in [1.29, 1.82) is 0 Å². The second kappa shape index (κ2) is 5.48. The average molecular weight is 260 g/mol. The van der Waals surface area contributed by atoms with Gasteiger partial charge in [0.05, 0.1) is 19.3 Å². The number of carbonyl (C=O) groups is 3. The van der Waals surface area contributed by atoms with Crippen LogP contribution in [-0.4, -0.2) is 24.1 Å². The van der Waals surface area contributed by atoms with E-state index >= 15 is 0 Å². The van der Waals surface area contributed by atoms with E-state index in [0.29, 0.717) is 16.9 Å². The lowest BCUT2D eigenvalue weighted by molar-refractivity contribution is -0.153. The number of carbonyl (C=O) groups excluding carboxylic acids is 3. The highest BCUT2D eigenvalue weighted by Crippen LogP contribution is 2.28. The average Bonchev–Trinajstić information content (AvgIpc) is 2.82. The fraction of sp³-hybridized carbons (Fsp3) is 0.214. The van der Waals surface area contributed by atoms with Crippen LogP contribution in [0.15, 0.2) is 34.9 Å². The van der Waals surface area contributed by atoms with Crippen LogP contribution in [-0.2, 0) is 14.3 Å². The fourth-order valence-electron chi connectivity index (χ4n) is 1.76. The summed E-state index contributed by atoms with van der Waals surface area (Å²) in [4.78, 5) is 34.6. The van der Waals surface area contributed by atoms with Gasteiger partial charge in [-0.15, -0.1) is 0 Å². The zero-order valence-electron chi connectivity index (χ0n) is 10.3. The van der Waals surface area contributed by atoms with Crippen LogP contribution in [0.1, 0.15) is 23.7 Å². The zero-order chi connectivity index (χ0) is 13.8. The molecule has 0 saturated carbocycles. The van der Waals surface area contributed by atoms with Gasteiger partial charge in [-0.3, -0.25) is 9.59 Å². The molecule has 0 radical (unpaired) electrons. The maximum Gasteiger partial charge on any atom is 0.375 e. The molecule has 1 aliphatic heterocycles. The van der Waals surface area contributed by atoms with Crippen LogP contribution in [0.4, 0.5) is 0 Å². The Morgan fingerprint density at radius 1 is 1.21 bits per heavy atom. The minimum absolute atomic E-state index is 0.108. The third-order valence-electron chi connectivity index (χ3n) is 2.62. The smallest absolute Gasteiger partial charge is 0.375 e. The summed E-state index contributed by atoms with van der Waals surface area (Å²) in [5.74, 6) is -1.67. The van der Waals surface area contributed by atoms with E-state index in [1.807, 2.05) is 0 Å². The molecule has 0 N–H and O–H groups in total. The van der Waals surface area contributed by atoms with Crippen molar-refractivity contribution in [2.45, 2.75) is 13.3 Å². The number of ether oxygens (including phenoxy) is 1. The van der Waals surface area contributed by atoms with Crippen molar-refractivity contribution in [3.05, 3.63) is 36.1 Å². The third kappa shape index (κ3) is 2.70. The largest absolute Gasteiger partial charge is 0.464 e. The van der Waals surface area contributed by atoms with Gasteiger partial charge in [-0.1, -0.05) is 0 Å². The molecular weight excluding hydrogens is 248 g/mol. The molecule has 1 aliphatic carbocycles. The Balaban J connectivity index is 2.13. The molecule has 0 amide bonds. The Labute approximate surface area is 109 Å². The first-order valence-electron chi connectivity index (χ1n) is 5.83. The van der Waals surface area contributed by atoms with Crippen LogP contribution in [0.3, 0.4) is 0 Å². The molecule has 0 spiro atoms. The Morgan fingerprint density at radius 3 is 2.74 bits per heavy atom. The Hall–Kier alpha value is -2.43. The molecule has 0 bridgehead atoms. The van der Waals surface area contributed by atoms with E-state index in [9.17, 15) is 14.4 Å².